The van der Waals surface area contributed by atoms with Gasteiger partial charge in [-0.15, -0.1) is 0 Å². The summed E-state index contributed by atoms with van der Waals surface area (Å²) >= 11 is 0. The molecule has 44 heavy (non-hydrogen) atoms. The van der Waals surface area contributed by atoms with Crippen molar-refractivity contribution in [3.8, 4) is 22.6 Å². The number of nitrogens with zero attached hydrogens (tertiary/aromatic N) is 2. The Morgan fingerprint density at radius 3 is 1.70 bits per heavy atom. The molecule has 1 N–H and O–H groups in total. The molecule has 0 heterocycles. The second-order valence-corrected chi connectivity index (χ2v) is 10.3. The van der Waals surface area contributed by atoms with Crippen LogP contribution in [0, 0.1) is 0 Å². The summed E-state index contributed by atoms with van der Waals surface area (Å²) in [5.41, 5.74) is 4.05. The van der Waals surface area contributed by atoms with E-state index in [0.29, 0.717) is 53.3 Å². The molecule has 228 valence electrons. The summed E-state index contributed by atoms with van der Waals surface area (Å²) in [6.45, 7) is 3.23. The number of hydrogen-bond donors (Lipinski definition) is 1. The molecule has 0 aliphatic carbocycles. The third kappa shape index (κ3) is 8.04. The SMILES string of the molecule is CCN(Cc1ccccc1)C(=O)c1ccccc1-c1ccccc1C(=O)N(CCC(=O)O)CCc1cc(OC)cc(OC)c1. The fourth-order valence-corrected chi connectivity index (χ4v) is 5.10. The molecule has 4 aromatic rings. The highest BCUT2D eigenvalue weighted by molar-refractivity contribution is 6.06. The van der Waals surface area contributed by atoms with Crippen LogP contribution < -0.4 is 9.47 Å². The molecule has 0 saturated heterocycles. The van der Waals surface area contributed by atoms with Gasteiger partial charge >= 0.3 is 5.97 Å². The molecule has 4 rings (SSSR count). The van der Waals surface area contributed by atoms with Crippen molar-refractivity contribution < 1.29 is 29.0 Å². The van der Waals surface area contributed by atoms with Gasteiger partial charge in [-0.2, -0.15) is 0 Å². The van der Waals surface area contributed by atoms with Gasteiger partial charge in [0, 0.05) is 43.4 Å². The molecule has 0 aromatic heterocycles. The van der Waals surface area contributed by atoms with E-state index >= 15 is 0 Å². The molecule has 0 unspecified atom stereocenters. The fourth-order valence-electron chi connectivity index (χ4n) is 5.10. The summed E-state index contributed by atoms with van der Waals surface area (Å²) in [6.07, 6.45) is 0.260. The number of rotatable bonds is 14. The van der Waals surface area contributed by atoms with Crippen LogP contribution in [0.2, 0.25) is 0 Å². The minimum atomic E-state index is -0.992. The standard InChI is InChI=1S/C36H38N2O6/c1-4-37(25-26-12-6-5-7-13-26)35(41)32-16-10-8-14-30(32)31-15-9-11-17-33(31)36(42)38(21-19-34(39)40)20-18-27-22-28(43-2)24-29(23-27)44-3/h5-17,22-24H,4,18-21,25H2,1-3H3,(H,39,40). The molecule has 0 aliphatic rings. The van der Waals surface area contributed by atoms with Gasteiger partial charge in [0.05, 0.1) is 20.6 Å². The van der Waals surface area contributed by atoms with Crippen LogP contribution in [0.4, 0.5) is 0 Å². The first-order chi connectivity index (χ1) is 21.3. The monoisotopic (exact) mass is 594 g/mol. The second kappa shape index (κ2) is 15.4. The van der Waals surface area contributed by atoms with Crippen LogP contribution in [0.3, 0.4) is 0 Å². The van der Waals surface area contributed by atoms with E-state index in [0.717, 1.165) is 11.1 Å². The van der Waals surface area contributed by atoms with Gasteiger partial charge in [-0.25, -0.2) is 0 Å². The number of methoxy groups -OCH3 is 2. The van der Waals surface area contributed by atoms with Crippen molar-refractivity contribution in [1.82, 2.24) is 9.80 Å². The highest BCUT2D eigenvalue weighted by Gasteiger charge is 2.24. The number of hydrogen-bond acceptors (Lipinski definition) is 5. The van der Waals surface area contributed by atoms with Gasteiger partial charge in [0.15, 0.2) is 0 Å². The molecule has 0 spiro atoms. The number of carboxylic acids is 1. The van der Waals surface area contributed by atoms with E-state index in [-0.39, 0.29) is 31.3 Å². The zero-order valence-corrected chi connectivity index (χ0v) is 25.4. The van der Waals surface area contributed by atoms with E-state index in [9.17, 15) is 19.5 Å². The van der Waals surface area contributed by atoms with Gasteiger partial charge in [0.25, 0.3) is 11.8 Å². The number of ether oxygens (including phenoxy) is 2. The van der Waals surface area contributed by atoms with E-state index in [1.165, 1.54) is 0 Å². The second-order valence-electron chi connectivity index (χ2n) is 10.3. The van der Waals surface area contributed by atoms with Crippen molar-refractivity contribution in [3.63, 3.8) is 0 Å². The van der Waals surface area contributed by atoms with Crippen LogP contribution in [0.1, 0.15) is 45.2 Å². The first-order valence-corrected chi connectivity index (χ1v) is 14.6. The Kier molecular flexibility index (Phi) is 11.1. The lowest BCUT2D eigenvalue weighted by Crippen LogP contribution is -2.35. The van der Waals surface area contributed by atoms with Crippen molar-refractivity contribution in [2.45, 2.75) is 26.3 Å². The van der Waals surface area contributed by atoms with Gasteiger partial charge in [-0.1, -0.05) is 66.7 Å². The molecule has 0 aliphatic heterocycles. The van der Waals surface area contributed by atoms with Crippen LogP contribution in [-0.2, 0) is 17.8 Å². The lowest BCUT2D eigenvalue weighted by molar-refractivity contribution is -0.137. The molecule has 8 nitrogen and oxygen atoms in total. The Bertz CT molecular complexity index is 1560. The van der Waals surface area contributed by atoms with Gasteiger partial charge in [0.1, 0.15) is 11.5 Å². The van der Waals surface area contributed by atoms with Gasteiger partial charge in [-0.05, 0) is 59.9 Å². The molecule has 0 bridgehead atoms. The lowest BCUT2D eigenvalue weighted by Gasteiger charge is -2.25. The fraction of sp³-hybridized carbons (Fsp3) is 0.250. The topological polar surface area (TPSA) is 96.4 Å². The summed E-state index contributed by atoms with van der Waals surface area (Å²) in [6, 6.07) is 29.8. The summed E-state index contributed by atoms with van der Waals surface area (Å²) in [5.74, 6) is -0.182. The highest BCUT2D eigenvalue weighted by Crippen LogP contribution is 2.30. The maximum absolute atomic E-state index is 14.1. The minimum Gasteiger partial charge on any atom is -0.497 e. The molecule has 0 atom stereocenters. The predicted octanol–water partition coefficient (Wildman–Crippen LogP) is 6.19. The molecule has 8 heteroatoms. The first kappa shape index (κ1) is 31.8. The number of amides is 2. The van der Waals surface area contributed by atoms with Crippen molar-refractivity contribution in [3.05, 3.63) is 119 Å². The van der Waals surface area contributed by atoms with Crippen LogP contribution in [-0.4, -0.2) is 66.5 Å². The molecular formula is C36H38N2O6. The summed E-state index contributed by atoms with van der Waals surface area (Å²) < 4.78 is 10.8. The summed E-state index contributed by atoms with van der Waals surface area (Å²) in [4.78, 5) is 42.8. The Morgan fingerprint density at radius 1 is 0.659 bits per heavy atom. The van der Waals surface area contributed by atoms with E-state index < -0.39 is 5.97 Å². The average molecular weight is 595 g/mol. The van der Waals surface area contributed by atoms with Gasteiger partial charge in [-0.3, -0.25) is 14.4 Å². The first-order valence-electron chi connectivity index (χ1n) is 14.6. The Balaban J connectivity index is 1.66. The quantitative estimate of drug-likeness (QED) is 0.187. The van der Waals surface area contributed by atoms with Crippen LogP contribution in [0.25, 0.3) is 11.1 Å². The zero-order valence-electron chi connectivity index (χ0n) is 25.4. The number of carbonyl (C=O) groups is 3. The Labute approximate surface area is 258 Å². The lowest BCUT2D eigenvalue weighted by atomic mass is 9.93. The van der Waals surface area contributed by atoms with E-state index in [1.54, 1.807) is 48.3 Å². The normalized spacial score (nSPS) is 10.6. The number of carboxylic acid groups (broad SMARTS) is 1. The smallest absolute Gasteiger partial charge is 0.305 e. The van der Waals surface area contributed by atoms with E-state index in [1.807, 2.05) is 79.7 Å². The number of aliphatic carboxylic acids is 1. The van der Waals surface area contributed by atoms with Crippen LogP contribution >= 0.6 is 0 Å². The largest absolute Gasteiger partial charge is 0.497 e. The minimum absolute atomic E-state index is 0.0326. The molecule has 2 amide bonds. The third-order valence-electron chi connectivity index (χ3n) is 7.45. The zero-order chi connectivity index (χ0) is 31.5. The number of carbonyl (C=O) groups excluding carboxylic acids is 2. The molecular weight excluding hydrogens is 556 g/mol. The predicted molar refractivity (Wildman–Crippen MR) is 170 cm³/mol. The van der Waals surface area contributed by atoms with E-state index in [4.69, 9.17) is 9.47 Å². The van der Waals surface area contributed by atoms with Crippen molar-refractivity contribution in [2.24, 2.45) is 0 Å². The molecule has 0 radical (unpaired) electrons. The molecule has 0 fully saturated rings. The van der Waals surface area contributed by atoms with Crippen molar-refractivity contribution in [1.29, 1.82) is 0 Å². The maximum Gasteiger partial charge on any atom is 0.305 e. The van der Waals surface area contributed by atoms with Crippen LogP contribution in [0.15, 0.2) is 97.1 Å². The van der Waals surface area contributed by atoms with Crippen molar-refractivity contribution in [2.75, 3.05) is 33.9 Å². The summed E-state index contributed by atoms with van der Waals surface area (Å²) in [5, 5.41) is 9.43. The molecule has 4 aromatic carbocycles. The van der Waals surface area contributed by atoms with Crippen LogP contribution in [0.5, 0.6) is 11.5 Å². The Hall–Kier alpha value is -5.11. The highest BCUT2D eigenvalue weighted by atomic mass is 16.5. The van der Waals surface area contributed by atoms with Gasteiger partial charge < -0.3 is 24.4 Å². The summed E-state index contributed by atoms with van der Waals surface area (Å²) in [7, 11) is 3.14. The van der Waals surface area contributed by atoms with E-state index in [2.05, 4.69) is 0 Å². The molecule has 0 saturated carbocycles. The Morgan fingerprint density at radius 2 is 1.18 bits per heavy atom. The average Bonchev–Trinajstić information content (AvgIpc) is 3.06. The van der Waals surface area contributed by atoms with Crippen molar-refractivity contribution >= 4 is 17.8 Å². The van der Waals surface area contributed by atoms with Gasteiger partial charge in [0.2, 0.25) is 0 Å². The third-order valence-corrected chi connectivity index (χ3v) is 7.45. The maximum atomic E-state index is 14.1. The number of benzene rings is 4.